The quantitative estimate of drug-likeness (QED) is 0.565. The van der Waals surface area contributed by atoms with E-state index >= 15 is 0 Å². The number of nitrogen functional groups attached to an aromatic ring is 1. The summed E-state index contributed by atoms with van der Waals surface area (Å²) in [6.45, 7) is 1.68. The van der Waals surface area contributed by atoms with E-state index in [9.17, 15) is 4.79 Å². The zero-order chi connectivity index (χ0) is 10.6. The number of hydrogen-bond acceptors (Lipinski definition) is 4. The molecule has 0 aliphatic rings. The van der Waals surface area contributed by atoms with Crippen molar-refractivity contribution in [2.45, 2.75) is 6.92 Å². The lowest BCUT2D eigenvalue weighted by atomic mass is 10.2. The summed E-state index contributed by atoms with van der Waals surface area (Å²) in [6, 6.07) is 3.46. The average Bonchev–Trinajstić information content (AvgIpc) is 2.20. The molecule has 0 saturated heterocycles. The zero-order valence-electron chi connectivity index (χ0n) is 8.15. The van der Waals surface area contributed by atoms with Crippen molar-refractivity contribution in [3.05, 3.63) is 29.5 Å². The van der Waals surface area contributed by atoms with E-state index in [-0.39, 0.29) is 5.97 Å². The second kappa shape index (κ2) is 4.41. The molecular formula is C10H12N2O2. The first-order valence-corrected chi connectivity index (χ1v) is 4.11. The summed E-state index contributed by atoms with van der Waals surface area (Å²) in [5.74, 6) is 0.111. The molecule has 0 atom stereocenters. The average molecular weight is 192 g/mol. The number of carbonyl (C=O) groups excluding carboxylic acids is 1. The summed E-state index contributed by atoms with van der Waals surface area (Å²) in [5.41, 5.74) is 6.77. The van der Waals surface area contributed by atoms with Crippen molar-refractivity contribution in [3.63, 3.8) is 0 Å². The summed E-state index contributed by atoms with van der Waals surface area (Å²) >= 11 is 0. The number of ether oxygens (including phenoxy) is 1. The largest absolute Gasteiger partial charge is 0.466 e. The van der Waals surface area contributed by atoms with Gasteiger partial charge in [-0.15, -0.1) is 0 Å². The molecule has 2 N–H and O–H groups in total. The Morgan fingerprint density at radius 2 is 2.29 bits per heavy atom. The molecule has 0 bridgehead atoms. The van der Waals surface area contributed by atoms with Gasteiger partial charge in [0.1, 0.15) is 5.82 Å². The first-order valence-electron chi connectivity index (χ1n) is 4.11. The summed E-state index contributed by atoms with van der Waals surface area (Å²) in [6.07, 6.45) is 3.29. The summed E-state index contributed by atoms with van der Waals surface area (Å²) in [4.78, 5) is 14.9. The summed E-state index contributed by atoms with van der Waals surface area (Å²) in [5, 5.41) is 0. The second-order valence-corrected chi connectivity index (χ2v) is 2.84. The van der Waals surface area contributed by atoms with E-state index in [2.05, 4.69) is 9.72 Å². The lowest BCUT2D eigenvalue weighted by Gasteiger charge is -1.98. The molecule has 0 radical (unpaired) electrons. The molecule has 1 rings (SSSR count). The molecule has 0 aliphatic heterocycles. The minimum Gasteiger partial charge on any atom is -0.466 e. The Hall–Kier alpha value is -1.84. The number of rotatable bonds is 2. The van der Waals surface area contributed by atoms with Gasteiger partial charge in [-0.25, -0.2) is 9.78 Å². The molecule has 74 valence electrons. The van der Waals surface area contributed by atoms with Gasteiger partial charge in [0.25, 0.3) is 0 Å². The van der Waals surface area contributed by atoms with Crippen LogP contribution in [-0.4, -0.2) is 18.1 Å². The molecule has 4 heteroatoms. The number of carbonyl (C=O) groups is 1. The monoisotopic (exact) mass is 192 g/mol. The molecule has 0 aliphatic carbocycles. The molecular weight excluding hydrogens is 180 g/mol. The number of hydrogen-bond donors (Lipinski definition) is 1. The normalized spacial score (nSPS) is 11.1. The van der Waals surface area contributed by atoms with Crippen LogP contribution in [0.1, 0.15) is 12.5 Å². The van der Waals surface area contributed by atoms with Crippen molar-refractivity contribution in [3.8, 4) is 0 Å². The van der Waals surface area contributed by atoms with Crippen LogP contribution in [0.5, 0.6) is 0 Å². The van der Waals surface area contributed by atoms with Gasteiger partial charge in [-0.05, 0) is 30.7 Å². The van der Waals surface area contributed by atoms with Crippen molar-refractivity contribution >= 4 is 17.9 Å². The molecule has 1 aromatic heterocycles. The van der Waals surface area contributed by atoms with Crippen LogP contribution >= 0.6 is 0 Å². The van der Waals surface area contributed by atoms with Crippen LogP contribution in [0.3, 0.4) is 0 Å². The SMILES string of the molecule is COC(=O)/C(C)=C/c1ccc(N)nc1. The second-order valence-electron chi connectivity index (χ2n) is 2.84. The minimum absolute atomic E-state index is 0.346. The van der Waals surface area contributed by atoms with Gasteiger partial charge in [-0.3, -0.25) is 0 Å². The highest BCUT2D eigenvalue weighted by Gasteiger charge is 2.02. The Morgan fingerprint density at radius 1 is 1.57 bits per heavy atom. The Kier molecular flexibility index (Phi) is 3.23. The predicted molar refractivity (Wildman–Crippen MR) is 54.3 cm³/mol. The number of aromatic nitrogens is 1. The predicted octanol–water partition coefficient (Wildman–Crippen LogP) is 1.24. The molecule has 1 heterocycles. The van der Waals surface area contributed by atoms with Crippen molar-refractivity contribution in [1.82, 2.24) is 4.98 Å². The lowest BCUT2D eigenvalue weighted by Crippen LogP contribution is -2.01. The topological polar surface area (TPSA) is 65.2 Å². The van der Waals surface area contributed by atoms with Gasteiger partial charge >= 0.3 is 5.97 Å². The fourth-order valence-corrected chi connectivity index (χ4v) is 0.972. The van der Waals surface area contributed by atoms with Crippen LogP contribution in [0.4, 0.5) is 5.82 Å². The number of methoxy groups -OCH3 is 1. The number of nitrogens with zero attached hydrogens (tertiary/aromatic N) is 1. The van der Waals surface area contributed by atoms with Gasteiger partial charge in [0, 0.05) is 11.8 Å². The van der Waals surface area contributed by atoms with Gasteiger partial charge in [0.15, 0.2) is 0 Å². The van der Waals surface area contributed by atoms with Crippen molar-refractivity contribution in [2.24, 2.45) is 0 Å². The molecule has 0 spiro atoms. The summed E-state index contributed by atoms with van der Waals surface area (Å²) in [7, 11) is 1.35. The molecule has 0 saturated carbocycles. The van der Waals surface area contributed by atoms with Crippen molar-refractivity contribution < 1.29 is 9.53 Å². The van der Waals surface area contributed by atoms with Gasteiger partial charge in [-0.2, -0.15) is 0 Å². The van der Waals surface area contributed by atoms with Gasteiger partial charge in [-0.1, -0.05) is 0 Å². The van der Waals surface area contributed by atoms with E-state index < -0.39 is 0 Å². The molecule has 1 aromatic rings. The van der Waals surface area contributed by atoms with E-state index in [0.717, 1.165) is 5.56 Å². The molecule has 14 heavy (non-hydrogen) atoms. The van der Waals surface area contributed by atoms with E-state index in [4.69, 9.17) is 5.73 Å². The number of pyridine rings is 1. The maximum absolute atomic E-state index is 11.0. The maximum atomic E-state index is 11.0. The van der Waals surface area contributed by atoms with Crippen LogP contribution in [0, 0.1) is 0 Å². The van der Waals surface area contributed by atoms with E-state index in [0.29, 0.717) is 11.4 Å². The van der Waals surface area contributed by atoms with Crippen LogP contribution < -0.4 is 5.73 Å². The van der Waals surface area contributed by atoms with Crippen molar-refractivity contribution in [1.29, 1.82) is 0 Å². The van der Waals surface area contributed by atoms with Crippen LogP contribution in [0.15, 0.2) is 23.9 Å². The van der Waals surface area contributed by atoms with Crippen LogP contribution in [0.2, 0.25) is 0 Å². The fraction of sp³-hybridized carbons (Fsp3) is 0.200. The highest BCUT2D eigenvalue weighted by atomic mass is 16.5. The Bertz CT molecular complexity index is 355. The Balaban J connectivity index is 2.86. The first-order chi connectivity index (χ1) is 6.63. The van der Waals surface area contributed by atoms with Crippen LogP contribution in [0.25, 0.3) is 6.08 Å². The van der Waals surface area contributed by atoms with Gasteiger partial charge < -0.3 is 10.5 Å². The minimum atomic E-state index is -0.346. The zero-order valence-corrected chi connectivity index (χ0v) is 8.15. The van der Waals surface area contributed by atoms with Crippen LogP contribution in [-0.2, 0) is 9.53 Å². The maximum Gasteiger partial charge on any atom is 0.333 e. The fourth-order valence-electron chi connectivity index (χ4n) is 0.972. The Labute approximate surface area is 82.4 Å². The van der Waals surface area contributed by atoms with Gasteiger partial charge in [0.2, 0.25) is 0 Å². The number of esters is 1. The van der Waals surface area contributed by atoms with Crippen molar-refractivity contribution in [2.75, 3.05) is 12.8 Å². The van der Waals surface area contributed by atoms with E-state index in [1.54, 1.807) is 31.3 Å². The van der Waals surface area contributed by atoms with Gasteiger partial charge in [0.05, 0.1) is 7.11 Å². The number of nitrogens with two attached hydrogens (primary N) is 1. The third-order valence-corrected chi connectivity index (χ3v) is 1.70. The third kappa shape index (κ3) is 2.58. The molecule has 4 nitrogen and oxygen atoms in total. The molecule has 0 fully saturated rings. The molecule has 0 unspecified atom stereocenters. The summed E-state index contributed by atoms with van der Waals surface area (Å²) < 4.78 is 4.56. The first kappa shape index (κ1) is 10.2. The highest BCUT2D eigenvalue weighted by Crippen LogP contribution is 2.07. The molecule has 0 amide bonds. The lowest BCUT2D eigenvalue weighted by molar-refractivity contribution is -0.135. The molecule has 0 aromatic carbocycles. The van der Waals surface area contributed by atoms with E-state index in [1.807, 2.05) is 0 Å². The highest BCUT2D eigenvalue weighted by molar-refractivity contribution is 5.92. The third-order valence-electron chi connectivity index (χ3n) is 1.70. The smallest absolute Gasteiger partial charge is 0.333 e. The number of anilines is 1. The van der Waals surface area contributed by atoms with E-state index in [1.165, 1.54) is 7.11 Å². The standard InChI is InChI=1S/C10H12N2O2/c1-7(10(13)14-2)5-8-3-4-9(11)12-6-8/h3-6H,1-2H3,(H2,11,12)/b7-5+. The Morgan fingerprint density at radius 3 is 2.79 bits per heavy atom.